The van der Waals surface area contributed by atoms with E-state index in [-0.39, 0.29) is 10.8 Å². The molecule has 5 rings (SSSR count). The number of benzene rings is 1. The molecule has 3 aliphatic rings. The maximum Gasteiger partial charge on any atom is 0.256 e. The van der Waals surface area contributed by atoms with E-state index in [4.69, 9.17) is 4.74 Å². The summed E-state index contributed by atoms with van der Waals surface area (Å²) in [4.78, 5) is 18.3. The number of aryl methyl sites for hydroxylation is 1. The van der Waals surface area contributed by atoms with E-state index in [0.717, 1.165) is 39.1 Å². The summed E-state index contributed by atoms with van der Waals surface area (Å²) in [5, 5.41) is 2.72. The first-order valence-corrected chi connectivity index (χ1v) is 13.0. The van der Waals surface area contributed by atoms with Gasteiger partial charge in [-0.15, -0.1) is 0 Å². The highest BCUT2D eigenvalue weighted by Crippen LogP contribution is 2.36. The smallest absolute Gasteiger partial charge is 0.256 e. The van der Waals surface area contributed by atoms with Gasteiger partial charge in [-0.05, 0) is 56.5 Å². The number of hydrogen-bond acceptors (Lipinski definition) is 5. The van der Waals surface area contributed by atoms with Gasteiger partial charge < -0.3 is 15.0 Å². The lowest BCUT2D eigenvalue weighted by atomic mass is 10.0. The zero-order chi connectivity index (χ0) is 24.0. The molecule has 0 saturated carbocycles. The van der Waals surface area contributed by atoms with Crippen LogP contribution in [-0.2, 0) is 19.6 Å². The van der Waals surface area contributed by atoms with Gasteiger partial charge in [0.25, 0.3) is 5.91 Å². The third-order valence-electron chi connectivity index (χ3n) is 7.04. The third-order valence-corrected chi connectivity index (χ3v) is 9.22. The highest BCUT2D eigenvalue weighted by atomic mass is 32.2. The Labute approximate surface area is 198 Å². The summed E-state index contributed by atoms with van der Waals surface area (Å²) in [6, 6.07) is 4.50. The standard InChI is InChI=1S/C24H29FN4O4S/c1-15-22(14-20-19-13-17(25)3-4-21(19)27-24(20)30)26-16(2)23(15)34(31,32)29-7-5-18(6-8-29)28-9-11-33-12-10-28/h3-4,13-14,18,26H,5-12H2,1-2H3,(H,27,30). The van der Waals surface area contributed by atoms with Gasteiger partial charge in [0.1, 0.15) is 10.7 Å². The second kappa shape index (κ2) is 8.92. The lowest BCUT2D eigenvalue weighted by Gasteiger charge is -2.39. The van der Waals surface area contributed by atoms with Crippen molar-refractivity contribution in [3.05, 3.63) is 46.5 Å². The molecule has 2 aromatic rings. The summed E-state index contributed by atoms with van der Waals surface area (Å²) in [7, 11) is -3.70. The molecule has 1 aromatic carbocycles. The van der Waals surface area contributed by atoms with Crippen LogP contribution >= 0.6 is 0 Å². The van der Waals surface area contributed by atoms with Crippen LogP contribution in [0.15, 0.2) is 23.1 Å². The number of nitrogens with one attached hydrogen (secondary N) is 2. The Morgan fingerprint density at radius 3 is 2.53 bits per heavy atom. The van der Waals surface area contributed by atoms with Gasteiger partial charge in [-0.25, -0.2) is 12.8 Å². The number of hydrogen-bond donors (Lipinski definition) is 2. The number of carbonyl (C=O) groups is 1. The minimum atomic E-state index is -3.70. The first-order valence-electron chi connectivity index (χ1n) is 11.6. The van der Waals surface area contributed by atoms with Crippen LogP contribution < -0.4 is 5.32 Å². The van der Waals surface area contributed by atoms with Crippen molar-refractivity contribution in [2.75, 3.05) is 44.7 Å². The van der Waals surface area contributed by atoms with E-state index in [1.165, 1.54) is 18.2 Å². The van der Waals surface area contributed by atoms with Crippen LogP contribution in [0.4, 0.5) is 10.1 Å². The Balaban J connectivity index is 1.40. The van der Waals surface area contributed by atoms with Crippen molar-refractivity contribution in [3.8, 4) is 0 Å². The number of carbonyl (C=O) groups excluding carboxylic acids is 1. The van der Waals surface area contributed by atoms with E-state index in [2.05, 4.69) is 15.2 Å². The highest BCUT2D eigenvalue weighted by molar-refractivity contribution is 7.89. The number of nitrogens with zero attached hydrogens (tertiary/aromatic N) is 2. The van der Waals surface area contributed by atoms with Crippen LogP contribution in [0.5, 0.6) is 0 Å². The van der Waals surface area contributed by atoms with Gasteiger partial charge in [0.05, 0.1) is 18.8 Å². The van der Waals surface area contributed by atoms with Crippen LogP contribution in [0.3, 0.4) is 0 Å². The summed E-state index contributed by atoms with van der Waals surface area (Å²) in [6.07, 6.45) is 3.19. The van der Waals surface area contributed by atoms with Crippen molar-refractivity contribution in [2.45, 2.75) is 37.6 Å². The largest absolute Gasteiger partial charge is 0.379 e. The van der Waals surface area contributed by atoms with Gasteiger partial charge in [-0.2, -0.15) is 4.31 Å². The monoisotopic (exact) mass is 488 g/mol. The molecule has 0 atom stereocenters. The van der Waals surface area contributed by atoms with Crippen LogP contribution in [0, 0.1) is 19.7 Å². The minimum Gasteiger partial charge on any atom is -0.379 e. The lowest BCUT2D eigenvalue weighted by Crippen LogP contribution is -2.50. The average molecular weight is 489 g/mol. The van der Waals surface area contributed by atoms with Crippen molar-refractivity contribution in [2.24, 2.45) is 0 Å². The molecule has 1 aromatic heterocycles. The molecule has 182 valence electrons. The Hall–Kier alpha value is -2.53. The number of morpholine rings is 1. The van der Waals surface area contributed by atoms with Crippen molar-refractivity contribution in [3.63, 3.8) is 0 Å². The van der Waals surface area contributed by atoms with Gasteiger partial charge in [-0.3, -0.25) is 9.69 Å². The van der Waals surface area contributed by atoms with Gasteiger partial charge >= 0.3 is 0 Å². The maximum atomic E-state index is 13.8. The number of anilines is 1. The second-order valence-corrected chi connectivity index (χ2v) is 11.0. The number of sulfonamides is 1. The molecule has 10 heteroatoms. The summed E-state index contributed by atoms with van der Waals surface area (Å²) in [5.74, 6) is -0.786. The van der Waals surface area contributed by atoms with E-state index in [1.807, 2.05) is 0 Å². The lowest BCUT2D eigenvalue weighted by molar-refractivity contribution is -0.110. The molecule has 0 radical (unpaired) electrons. The topological polar surface area (TPSA) is 94.7 Å². The Bertz CT molecular complexity index is 1260. The van der Waals surface area contributed by atoms with Crippen LogP contribution in [0.25, 0.3) is 11.6 Å². The Morgan fingerprint density at radius 2 is 1.82 bits per heavy atom. The summed E-state index contributed by atoms with van der Waals surface area (Å²) in [5.41, 5.74) is 2.91. The van der Waals surface area contributed by atoms with Crippen LogP contribution in [0.1, 0.15) is 35.4 Å². The number of H-pyrrole nitrogens is 1. The van der Waals surface area contributed by atoms with E-state index >= 15 is 0 Å². The molecule has 3 aliphatic heterocycles. The fraction of sp³-hybridized carbons (Fsp3) is 0.458. The first-order chi connectivity index (χ1) is 16.3. The molecule has 2 fully saturated rings. The number of halogens is 1. The van der Waals surface area contributed by atoms with Crippen molar-refractivity contribution >= 4 is 33.3 Å². The fourth-order valence-electron chi connectivity index (χ4n) is 5.25. The van der Waals surface area contributed by atoms with Crippen LogP contribution in [-0.4, -0.2) is 73.9 Å². The molecule has 34 heavy (non-hydrogen) atoms. The Morgan fingerprint density at radius 1 is 1.12 bits per heavy atom. The van der Waals surface area contributed by atoms with Crippen molar-refractivity contribution < 1.29 is 22.3 Å². The molecule has 0 spiro atoms. The zero-order valence-corrected chi connectivity index (χ0v) is 20.2. The van der Waals surface area contributed by atoms with Gasteiger partial charge in [0.15, 0.2) is 0 Å². The van der Waals surface area contributed by atoms with E-state index in [0.29, 0.717) is 52.9 Å². The number of aromatic nitrogens is 1. The number of fused-ring (bicyclic) bond motifs is 1. The van der Waals surface area contributed by atoms with Gasteiger partial charge in [0, 0.05) is 54.9 Å². The number of rotatable bonds is 4. The fourth-order valence-corrected chi connectivity index (χ4v) is 7.14. The van der Waals surface area contributed by atoms with Gasteiger partial charge in [0.2, 0.25) is 10.0 Å². The highest BCUT2D eigenvalue weighted by Gasteiger charge is 2.35. The van der Waals surface area contributed by atoms with E-state index < -0.39 is 15.8 Å². The molecule has 0 aliphatic carbocycles. The maximum absolute atomic E-state index is 13.8. The van der Waals surface area contributed by atoms with E-state index in [1.54, 1.807) is 24.2 Å². The van der Waals surface area contributed by atoms with Crippen LogP contribution in [0.2, 0.25) is 0 Å². The predicted molar refractivity (Wildman–Crippen MR) is 127 cm³/mol. The predicted octanol–water partition coefficient (Wildman–Crippen LogP) is 2.75. The summed E-state index contributed by atoms with van der Waals surface area (Å²) < 4.78 is 48.0. The molecule has 1 amide bonds. The number of ether oxygens (including phenoxy) is 1. The Kier molecular flexibility index (Phi) is 6.09. The molecule has 8 nitrogen and oxygen atoms in total. The molecular weight excluding hydrogens is 459 g/mol. The second-order valence-electron chi connectivity index (χ2n) is 9.10. The summed E-state index contributed by atoms with van der Waals surface area (Å²) >= 11 is 0. The first kappa shape index (κ1) is 23.2. The third kappa shape index (κ3) is 4.08. The zero-order valence-electron chi connectivity index (χ0n) is 19.4. The van der Waals surface area contributed by atoms with Crippen molar-refractivity contribution in [1.29, 1.82) is 0 Å². The average Bonchev–Trinajstić information content (AvgIpc) is 3.29. The van der Waals surface area contributed by atoms with Gasteiger partial charge in [-0.1, -0.05) is 0 Å². The number of piperidine rings is 1. The number of aromatic amines is 1. The molecule has 4 heterocycles. The molecule has 2 saturated heterocycles. The van der Waals surface area contributed by atoms with E-state index in [9.17, 15) is 17.6 Å². The molecule has 0 unspecified atom stereocenters. The molecular formula is C24H29FN4O4S. The normalized spacial score (nSPS) is 21.7. The molecule has 0 bridgehead atoms. The quantitative estimate of drug-likeness (QED) is 0.646. The number of amides is 1. The minimum absolute atomic E-state index is 0.252. The summed E-state index contributed by atoms with van der Waals surface area (Å²) in [6.45, 7) is 7.66. The molecule has 2 N–H and O–H groups in total. The SMILES string of the molecule is Cc1[nH]c(C=C2C(=O)Nc3ccc(F)cc32)c(C)c1S(=O)(=O)N1CCC(N2CCOCC2)CC1. The van der Waals surface area contributed by atoms with Crippen molar-refractivity contribution in [1.82, 2.24) is 14.2 Å².